The van der Waals surface area contributed by atoms with Crippen LogP contribution in [-0.4, -0.2) is 37.0 Å². The van der Waals surface area contributed by atoms with Gasteiger partial charge in [0, 0.05) is 19.2 Å². The van der Waals surface area contributed by atoms with Crippen LogP contribution in [0, 0.1) is 0 Å². The molecule has 0 unspecified atom stereocenters. The molecule has 1 aliphatic rings. The highest BCUT2D eigenvalue weighted by Gasteiger charge is 2.36. The summed E-state index contributed by atoms with van der Waals surface area (Å²) in [6, 6.07) is 9.48. The van der Waals surface area contributed by atoms with E-state index in [4.69, 9.17) is 5.11 Å². The highest BCUT2D eigenvalue weighted by molar-refractivity contribution is 7.88. The second kappa shape index (κ2) is 6.50. The van der Waals surface area contributed by atoms with Gasteiger partial charge in [-0.15, -0.1) is 0 Å². The standard InChI is InChI=1S/C14H21NO3S/c16-11-5-4-10-15(14-8-9-14)19(17,18)12-13-6-2-1-3-7-13/h1-3,6-7,14,16H,4-5,8-12H2. The Balaban J connectivity index is 2.02. The van der Waals surface area contributed by atoms with Crippen molar-refractivity contribution >= 4 is 10.0 Å². The van der Waals surface area contributed by atoms with Crippen LogP contribution in [0.3, 0.4) is 0 Å². The van der Waals surface area contributed by atoms with Crippen LogP contribution >= 0.6 is 0 Å². The SMILES string of the molecule is O=S(=O)(Cc1ccccc1)N(CCCCO)C1CC1. The van der Waals surface area contributed by atoms with E-state index in [1.807, 2.05) is 30.3 Å². The quantitative estimate of drug-likeness (QED) is 0.740. The van der Waals surface area contributed by atoms with Gasteiger partial charge in [-0.3, -0.25) is 0 Å². The second-order valence-corrected chi connectivity index (χ2v) is 6.94. The molecule has 0 aromatic heterocycles. The van der Waals surface area contributed by atoms with Crippen LogP contribution in [0.2, 0.25) is 0 Å². The van der Waals surface area contributed by atoms with Gasteiger partial charge in [-0.2, -0.15) is 4.31 Å². The van der Waals surface area contributed by atoms with Gasteiger partial charge in [0.1, 0.15) is 0 Å². The number of sulfonamides is 1. The van der Waals surface area contributed by atoms with Crippen LogP contribution in [0.25, 0.3) is 0 Å². The van der Waals surface area contributed by atoms with E-state index in [0.29, 0.717) is 13.0 Å². The van der Waals surface area contributed by atoms with E-state index in [0.717, 1.165) is 24.8 Å². The zero-order valence-electron chi connectivity index (χ0n) is 11.0. The highest BCUT2D eigenvalue weighted by Crippen LogP contribution is 2.30. The fourth-order valence-electron chi connectivity index (χ4n) is 2.16. The first-order chi connectivity index (χ1) is 9.13. The third-order valence-corrected chi connectivity index (χ3v) is 5.18. The van der Waals surface area contributed by atoms with Crippen molar-refractivity contribution in [1.29, 1.82) is 0 Å². The van der Waals surface area contributed by atoms with Crippen molar-refractivity contribution in [3.8, 4) is 0 Å². The maximum atomic E-state index is 12.4. The molecule has 0 radical (unpaired) electrons. The molecule has 2 rings (SSSR count). The minimum atomic E-state index is -3.24. The average molecular weight is 283 g/mol. The number of aliphatic hydroxyl groups excluding tert-OH is 1. The molecule has 0 heterocycles. The first kappa shape index (κ1) is 14.5. The van der Waals surface area contributed by atoms with Gasteiger partial charge < -0.3 is 5.11 Å². The molecule has 1 aromatic rings. The Morgan fingerprint density at radius 1 is 1.16 bits per heavy atom. The van der Waals surface area contributed by atoms with Gasteiger partial charge in [0.2, 0.25) is 10.0 Å². The number of rotatable bonds is 8. The van der Waals surface area contributed by atoms with Crippen molar-refractivity contribution < 1.29 is 13.5 Å². The Hall–Kier alpha value is -0.910. The summed E-state index contributed by atoms with van der Waals surface area (Å²) in [5, 5.41) is 8.80. The molecular formula is C14H21NO3S. The van der Waals surface area contributed by atoms with Gasteiger partial charge in [-0.1, -0.05) is 30.3 Å². The Kier molecular flexibility index (Phi) is 4.96. The van der Waals surface area contributed by atoms with E-state index in [1.54, 1.807) is 4.31 Å². The minimum Gasteiger partial charge on any atom is -0.396 e. The summed E-state index contributed by atoms with van der Waals surface area (Å²) < 4.78 is 26.5. The van der Waals surface area contributed by atoms with Gasteiger partial charge in [0.25, 0.3) is 0 Å². The monoisotopic (exact) mass is 283 g/mol. The first-order valence-corrected chi connectivity index (χ1v) is 8.39. The maximum absolute atomic E-state index is 12.4. The summed E-state index contributed by atoms with van der Waals surface area (Å²) in [4.78, 5) is 0. The minimum absolute atomic E-state index is 0.0729. The molecule has 1 N–H and O–H groups in total. The van der Waals surface area contributed by atoms with Crippen LogP contribution in [0.4, 0.5) is 0 Å². The molecular weight excluding hydrogens is 262 g/mol. The first-order valence-electron chi connectivity index (χ1n) is 6.78. The summed E-state index contributed by atoms with van der Waals surface area (Å²) in [6.07, 6.45) is 3.31. The van der Waals surface area contributed by atoms with Gasteiger partial charge in [-0.05, 0) is 31.2 Å². The largest absolute Gasteiger partial charge is 0.396 e. The number of benzene rings is 1. The van der Waals surface area contributed by atoms with Crippen LogP contribution in [-0.2, 0) is 15.8 Å². The van der Waals surface area contributed by atoms with Crippen molar-refractivity contribution in [1.82, 2.24) is 4.31 Å². The molecule has 4 nitrogen and oxygen atoms in total. The summed E-state index contributed by atoms with van der Waals surface area (Å²) >= 11 is 0. The fourth-order valence-corrected chi connectivity index (χ4v) is 4.01. The number of unbranched alkanes of at least 4 members (excludes halogenated alkanes) is 1. The van der Waals surface area contributed by atoms with Crippen LogP contribution in [0.1, 0.15) is 31.2 Å². The van der Waals surface area contributed by atoms with E-state index in [1.165, 1.54) is 0 Å². The van der Waals surface area contributed by atoms with E-state index in [9.17, 15) is 8.42 Å². The molecule has 0 amide bonds. The molecule has 106 valence electrons. The lowest BCUT2D eigenvalue weighted by molar-refractivity contribution is 0.275. The summed E-state index contributed by atoms with van der Waals surface area (Å²) in [5.41, 5.74) is 0.829. The van der Waals surface area contributed by atoms with E-state index < -0.39 is 10.0 Å². The normalized spacial score (nSPS) is 15.9. The van der Waals surface area contributed by atoms with Crippen molar-refractivity contribution in [2.24, 2.45) is 0 Å². The summed E-state index contributed by atoms with van der Waals surface area (Å²) in [5.74, 6) is 0.0729. The molecule has 5 heteroatoms. The summed E-state index contributed by atoms with van der Waals surface area (Å²) in [7, 11) is -3.24. The van der Waals surface area contributed by atoms with Gasteiger partial charge >= 0.3 is 0 Å². The Morgan fingerprint density at radius 3 is 2.42 bits per heavy atom. The predicted octanol–water partition coefficient (Wildman–Crippen LogP) is 1.75. The van der Waals surface area contributed by atoms with Crippen LogP contribution < -0.4 is 0 Å². The number of hydrogen-bond acceptors (Lipinski definition) is 3. The fraction of sp³-hybridized carbons (Fsp3) is 0.571. The molecule has 0 bridgehead atoms. The molecule has 0 aliphatic heterocycles. The van der Waals surface area contributed by atoms with E-state index in [-0.39, 0.29) is 18.4 Å². The lowest BCUT2D eigenvalue weighted by Gasteiger charge is -2.21. The molecule has 19 heavy (non-hydrogen) atoms. The van der Waals surface area contributed by atoms with Crippen molar-refractivity contribution in [3.63, 3.8) is 0 Å². The molecule has 0 spiro atoms. The van der Waals surface area contributed by atoms with Crippen molar-refractivity contribution in [2.75, 3.05) is 13.2 Å². The molecule has 1 aliphatic carbocycles. The topological polar surface area (TPSA) is 57.6 Å². The molecule has 1 aromatic carbocycles. The third-order valence-electron chi connectivity index (χ3n) is 3.29. The van der Waals surface area contributed by atoms with E-state index in [2.05, 4.69) is 0 Å². The Labute approximate surface area is 115 Å². The van der Waals surface area contributed by atoms with Gasteiger partial charge in [0.15, 0.2) is 0 Å². The smallest absolute Gasteiger partial charge is 0.218 e. The third kappa shape index (κ3) is 4.30. The number of nitrogens with zero attached hydrogens (tertiary/aromatic N) is 1. The van der Waals surface area contributed by atoms with Gasteiger partial charge in [0.05, 0.1) is 5.75 Å². The molecule has 1 fully saturated rings. The number of hydrogen-bond donors (Lipinski definition) is 1. The average Bonchev–Trinajstić information content (AvgIpc) is 3.19. The maximum Gasteiger partial charge on any atom is 0.218 e. The van der Waals surface area contributed by atoms with Crippen molar-refractivity contribution in [2.45, 2.75) is 37.5 Å². The summed E-state index contributed by atoms with van der Waals surface area (Å²) in [6.45, 7) is 0.650. The predicted molar refractivity (Wildman–Crippen MR) is 75.1 cm³/mol. The molecule has 0 atom stereocenters. The Bertz CT molecular complexity index is 483. The zero-order chi connectivity index (χ0) is 13.7. The lowest BCUT2D eigenvalue weighted by Crippen LogP contribution is -2.35. The Morgan fingerprint density at radius 2 is 1.84 bits per heavy atom. The van der Waals surface area contributed by atoms with Crippen LogP contribution in [0.5, 0.6) is 0 Å². The highest BCUT2D eigenvalue weighted by atomic mass is 32.2. The zero-order valence-corrected chi connectivity index (χ0v) is 11.8. The van der Waals surface area contributed by atoms with E-state index >= 15 is 0 Å². The molecule has 1 saturated carbocycles. The van der Waals surface area contributed by atoms with Crippen LogP contribution in [0.15, 0.2) is 30.3 Å². The van der Waals surface area contributed by atoms with Crippen molar-refractivity contribution in [3.05, 3.63) is 35.9 Å². The molecule has 0 saturated heterocycles. The lowest BCUT2D eigenvalue weighted by atomic mass is 10.2. The van der Waals surface area contributed by atoms with Gasteiger partial charge in [-0.25, -0.2) is 8.42 Å². The number of aliphatic hydroxyl groups is 1. The second-order valence-electron chi connectivity index (χ2n) is 5.01.